The number of morpholine rings is 1. The number of anilines is 1. The first-order chi connectivity index (χ1) is 13.4. The molecule has 0 aromatic heterocycles. The van der Waals surface area contributed by atoms with Crippen molar-refractivity contribution in [3.8, 4) is 0 Å². The predicted octanol–water partition coefficient (Wildman–Crippen LogP) is 2.56. The predicted molar refractivity (Wildman–Crippen MR) is 99.3 cm³/mol. The van der Waals surface area contributed by atoms with Crippen molar-refractivity contribution in [2.45, 2.75) is 17.7 Å². The number of ether oxygens (including phenoxy) is 1. The number of carbonyl (C=O) groups excluding carboxylic acids is 1. The van der Waals surface area contributed by atoms with Crippen LogP contribution in [0.15, 0.2) is 47.4 Å². The Balaban J connectivity index is 1.58. The SMILES string of the molecule is O=C(CCc1ccc(S(=O)(=O)N2CCOCC2)cc1)Nc1cc(F)ccc1F. The molecule has 1 N–H and O–H groups in total. The van der Waals surface area contributed by atoms with E-state index in [1.54, 1.807) is 12.1 Å². The second kappa shape index (κ2) is 8.76. The van der Waals surface area contributed by atoms with E-state index in [0.717, 1.165) is 23.8 Å². The van der Waals surface area contributed by atoms with Crippen LogP contribution in [0.4, 0.5) is 14.5 Å². The Bertz CT molecular complexity index is 943. The third-order valence-corrected chi connectivity index (χ3v) is 6.29. The van der Waals surface area contributed by atoms with Gasteiger partial charge in [-0.3, -0.25) is 4.79 Å². The van der Waals surface area contributed by atoms with Gasteiger partial charge in [0.25, 0.3) is 0 Å². The summed E-state index contributed by atoms with van der Waals surface area (Å²) in [6.45, 7) is 1.39. The van der Waals surface area contributed by atoms with Crippen molar-refractivity contribution >= 4 is 21.6 Å². The van der Waals surface area contributed by atoms with Crippen molar-refractivity contribution in [2.75, 3.05) is 31.6 Å². The van der Waals surface area contributed by atoms with Crippen LogP contribution in [0.3, 0.4) is 0 Å². The van der Waals surface area contributed by atoms with Gasteiger partial charge in [-0.05, 0) is 36.2 Å². The third-order valence-electron chi connectivity index (χ3n) is 4.37. The molecule has 0 atom stereocenters. The van der Waals surface area contributed by atoms with Gasteiger partial charge < -0.3 is 10.1 Å². The largest absolute Gasteiger partial charge is 0.379 e. The molecule has 28 heavy (non-hydrogen) atoms. The minimum absolute atomic E-state index is 0.0471. The fraction of sp³-hybridized carbons (Fsp3) is 0.316. The zero-order valence-corrected chi connectivity index (χ0v) is 15.8. The summed E-state index contributed by atoms with van der Waals surface area (Å²) < 4.78 is 58.4. The van der Waals surface area contributed by atoms with Crippen molar-refractivity contribution in [3.05, 3.63) is 59.7 Å². The number of benzene rings is 2. The summed E-state index contributed by atoms with van der Waals surface area (Å²) in [5.41, 5.74) is 0.549. The molecule has 0 unspecified atom stereocenters. The Labute approximate surface area is 162 Å². The van der Waals surface area contributed by atoms with E-state index in [9.17, 15) is 22.0 Å². The molecule has 150 valence electrons. The zero-order chi connectivity index (χ0) is 20.1. The molecule has 2 aromatic rings. The molecule has 0 radical (unpaired) electrons. The highest BCUT2D eigenvalue weighted by Gasteiger charge is 2.26. The Morgan fingerprint density at radius 3 is 2.43 bits per heavy atom. The van der Waals surface area contributed by atoms with Crippen LogP contribution in [0.5, 0.6) is 0 Å². The number of aryl methyl sites for hydroxylation is 1. The molecule has 1 aliphatic rings. The van der Waals surface area contributed by atoms with Crippen LogP contribution in [-0.2, 0) is 26.0 Å². The number of hydrogen-bond donors (Lipinski definition) is 1. The molecule has 0 aliphatic carbocycles. The highest BCUT2D eigenvalue weighted by Crippen LogP contribution is 2.19. The molecular weight excluding hydrogens is 390 g/mol. The van der Waals surface area contributed by atoms with Gasteiger partial charge in [-0.25, -0.2) is 17.2 Å². The van der Waals surface area contributed by atoms with Gasteiger partial charge in [0.05, 0.1) is 23.8 Å². The Hall–Kier alpha value is -2.36. The lowest BCUT2D eigenvalue weighted by molar-refractivity contribution is -0.116. The fourth-order valence-electron chi connectivity index (χ4n) is 2.83. The Kier molecular flexibility index (Phi) is 6.38. The first kappa shape index (κ1) is 20.4. The fourth-order valence-corrected chi connectivity index (χ4v) is 4.24. The maximum absolute atomic E-state index is 13.6. The van der Waals surface area contributed by atoms with Crippen molar-refractivity contribution in [2.24, 2.45) is 0 Å². The van der Waals surface area contributed by atoms with Crippen LogP contribution in [0.2, 0.25) is 0 Å². The molecule has 1 saturated heterocycles. The first-order valence-electron chi connectivity index (χ1n) is 8.78. The summed E-state index contributed by atoms with van der Waals surface area (Å²) in [5, 5.41) is 2.33. The third kappa shape index (κ3) is 4.92. The standard InChI is InChI=1S/C19H20F2N2O4S/c20-15-4-7-17(21)18(13-15)22-19(24)8-3-14-1-5-16(6-2-14)28(25,26)23-9-11-27-12-10-23/h1-2,4-7,13H,3,8-12H2,(H,22,24). The van der Waals surface area contributed by atoms with Gasteiger partial charge in [-0.2, -0.15) is 4.31 Å². The average molecular weight is 410 g/mol. The molecule has 1 heterocycles. The van der Waals surface area contributed by atoms with Gasteiger partial charge in [-0.1, -0.05) is 12.1 Å². The number of amides is 1. The highest BCUT2D eigenvalue weighted by atomic mass is 32.2. The molecule has 3 rings (SSSR count). The summed E-state index contributed by atoms with van der Waals surface area (Å²) in [6.07, 6.45) is 0.381. The molecule has 1 aliphatic heterocycles. The van der Waals surface area contributed by atoms with Gasteiger partial charge in [0.15, 0.2) is 0 Å². The normalized spacial score (nSPS) is 15.4. The molecule has 0 spiro atoms. The first-order valence-corrected chi connectivity index (χ1v) is 10.2. The molecular formula is C19H20F2N2O4S. The van der Waals surface area contributed by atoms with Gasteiger partial charge in [-0.15, -0.1) is 0 Å². The lowest BCUT2D eigenvalue weighted by Gasteiger charge is -2.26. The number of hydrogen-bond acceptors (Lipinski definition) is 4. The van der Waals surface area contributed by atoms with Crippen LogP contribution in [0.1, 0.15) is 12.0 Å². The lowest BCUT2D eigenvalue weighted by atomic mass is 10.1. The van der Waals surface area contributed by atoms with Gasteiger partial charge in [0.2, 0.25) is 15.9 Å². The van der Waals surface area contributed by atoms with Gasteiger partial charge >= 0.3 is 0 Å². The molecule has 1 amide bonds. The van der Waals surface area contributed by atoms with Gasteiger partial charge in [0, 0.05) is 25.6 Å². The van der Waals surface area contributed by atoms with E-state index in [-0.39, 0.29) is 17.0 Å². The Morgan fingerprint density at radius 2 is 1.75 bits per heavy atom. The van der Waals surface area contributed by atoms with Crippen molar-refractivity contribution < 1.29 is 26.7 Å². The smallest absolute Gasteiger partial charge is 0.243 e. The quantitative estimate of drug-likeness (QED) is 0.794. The van der Waals surface area contributed by atoms with Crippen molar-refractivity contribution in [1.82, 2.24) is 4.31 Å². The molecule has 6 nitrogen and oxygen atoms in total. The van der Waals surface area contributed by atoms with Crippen molar-refractivity contribution in [1.29, 1.82) is 0 Å². The summed E-state index contributed by atoms with van der Waals surface area (Å²) in [6, 6.07) is 9.12. The van der Waals surface area contributed by atoms with E-state index >= 15 is 0 Å². The van der Waals surface area contributed by atoms with Crippen LogP contribution >= 0.6 is 0 Å². The maximum Gasteiger partial charge on any atom is 0.243 e. The molecule has 9 heteroatoms. The highest BCUT2D eigenvalue weighted by molar-refractivity contribution is 7.89. The van der Waals surface area contributed by atoms with E-state index in [1.807, 2.05) is 0 Å². The molecule has 1 fully saturated rings. The average Bonchev–Trinajstić information content (AvgIpc) is 2.70. The molecule has 2 aromatic carbocycles. The number of rotatable bonds is 6. The minimum atomic E-state index is -3.56. The van der Waals surface area contributed by atoms with E-state index in [0.29, 0.717) is 32.7 Å². The summed E-state index contributed by atoms with van der Waals surface area (Å²) in [7, 11) is -3.56. The summed E-state index contributed by atoms with van der Waals surface area (Å²) in [4.78, 5) is 12.2. The zero-order valence-electron chi connectivity index (χ0n) is 15.0. The molecule has 0 bridgehead atoms. The minimum Gasteiger partial charge on any atom is -0.379 e. The maximum atomic E-state index is 13.6. The number of nitrogens with one attached hydrogen (secondary N) is 1. The monoisotopic (exact) mass is 410 g/mol. The summed E-state index contributed by atoms with van der Waals surface area (Å²) >= 11 is 0. The Morgan fingerprint density at radius 1 is 1.07 bits per heavy atom. The van der Waals surface area contributed by atoms with E-state index in [1.165, 1.54) is 16.4 Å². The number of nitrogens with zero attached hydrogens (tertiary/aromatic N) is 1. The second-order valence-corrected chi connectivity index (χ2v) is 8.27. The second-order valence-electron chi connectivity index (χ2n) is 6.33. The topological polar surface area (TPSA) is 75.7 Å². The van der Waals surface area contributed by atoms with Crippen molar-refractivity contribution in [3.63, 3.8) is 0 Å². The van der Waals surface area contributed by atoms with E-state index < -0.39 is 27.6 Å². The lowest BCUT2D eigenvalue weighted by Crippen LogP contribution is -2.40. The number of carbonyl (C=O) groups is 1. The van der Waals surface area contributed by atoms with Crippen LogP contribution in [0, 0.1) is 11.6 Å². The van der Waals surface area contributed by atoms with E-state index in [4.69, 9.17) is 4.74 Å². The molecule has 0 saturated carbocycles. The number of sulfonamides is 1. The number of halogens is 2. The van der Waals surface area contributed by atoms with Crippen LogP contribution in [0.25, 0.3) is 0 Å². The van der Waals surface area contributed by atoms with E-state index in [2.05, 4.69) is 5.32 Å². The van der Waals surface area contributed by atoms with Crippen LogP contribution < -0.4 is 5.32 Å². The van der Waals surface area contributed by atoms with Crippen LogP contribution in [-0.4, -0.2) is 44.9 Å². The summed E-state index contributed by atoms with van der Waals surface area (Å²) in [5.74, 6) is -1.82. The van der Waals surface area contributed by atoms with Gasteiger partial charge in [0.1, 0.15) is 11.6 Å².